The van der Waals surface area contributed by atoms with Gasteiger partial charge in [0.15, 0.2) is 0 Å². The predicted molar refractivity (Wildman–Crippen MR) is 76.9 cm³/mol. The Morgan fingerprint density at radius 2 is 1.90 bits per heavy atom. The van der Waals surface area contributed by atoms with Crippen molar-refractivity contribution in [2.24, 2.45) is 0 Å². The third kappa shape index (κ3) is 2.80. The molecule has 116 valence electrons. The maximum atomic E-state index is 13.4. The first-order chi connectivity index (χ1) is 9.78. The molecule has 0 saturated carbocycles. The molecule has 2 rings (SSSR count). The van der Waals surface area contributed by atoms with E-state index in [9.17, 15) is 17.6 Å². The number of nitrogens with zero attached hydrogens (tertiary/aromatic N) is 1. The molecule has 1 heterocycles. The van der Waals surface area contributed by atoms with E-state index >= 15 is 0 Å². The molecule has 21 heavy (non-hydrogen) atoms. The summed E-state index contributed by atoms with van der Waals surface area (Å²) in [6, 6.07) is 1.71. The van der Waals surface area contributed by atoms with Crippen LogP contribution in [0.3, 0.4) is 0 Å². The van der Waals surface area contributed by atoms with Crippen LogP contribution in [0.1, 0.15) is 24.0 Å². The number of nitrogens with one attached hydrogen (secondary N) is 1. The number of carbonyl (C=O) groups excluding carboxylic acids is 1. The highest BCUT2D eigenvalue weighted by molar-refractivity contribution is 7.89. The first-order valence-electron chi connectivity index (χ1n) is 6.79. The molecular weight excluding hydrogens is 295 g/mol. The lowest BCUT2D eigenvalue weighted by Crippen LogP contribution is -2.45. The molecule has 0 radical (unpaired) electrons. The molecule has 1 aliphatic rings. The van der Waals surface area contributed by atoms with Crippen molar-refractivity contribution < 1.29 is 17.6 Å². The van der Waals surface area contributed by atoms with Gasteiger partial charge in [0.25, 0.3) is 0 Å². The average molecular weight is 314 g/mol. The van der Waals surface area contributed by atoms with Crippen molar-refractivity contribution in [2.75, 3.05) is 13.6 Å². The van der Waals surface area contributed by atoms with Gasteiger partial charge in [0.1, 0.15) is 11.9 Å². The number of halogens is 1. The van der Waals surface area contributed by atoms with E-state index in [1.165, 1.54) is 23.5 Å². The van der Waals surface area contributed by atoms with Gasteiger partial charge in [0, 0.05) is 13.6 Å². The molecule has 0 aromatic heterocycles. The highest BCUT2D eigenvalue weighted by Gasteiger charge is 2.40. The van der Waals surface area contributed by atoms with Crippen LogP contribution in [0.2, 0.25) is 0 Å². The highest BCUT2D eigenvalue weighted by Crippen LogP contribution is 2.30. The van der Waals surface area contributed by atoms with E-state index in [1.807, 2.05) is 0 Å². The average Bonchev–Trinajstić information content (AvgIpc) is 2.86. The van der Waals surface area contributed by atoms with Crippen molar-refractivity contribution in [3.63, 3.8) is 0 Å². The van der Waals surface area contributed by atoms with Gasteiger partial charge in [0.05, 0.1) is 4.90 Å². The second-order valence-electron chi connectivity index (χ2n) is 5.26. The third-order valence-corrected chi connectivity index (χ3v) is 5.96. The lowest BCUT2D eigenvalue weighted by molar-refractivity contribution is -0.123. The van der Waals surface area contributed by atoms with Crippen molar-refractivity contribution in [3.8, 4) is 0 Å². The van der Waals surface area contributed by atoms with Crippen LogP contribution < -0.4 is 5.32 Å². The molecule has 1 amide bonds. The molecule has 1 atom stereocenters. The van der Waals surface area contributed by atoms with Crippen LogP contribution in [0, 0.1) is 19.7 Å². The lowest BCUT2D eigenvalue weighted by Gasteiger charge is -2.24. The Hall–Kier alpha value is -1.47. The Labute approximate surface area is 124 Å². The monoisotopic (exact) mass is 314 g/mol. The van der Waals surface area contributed by atoms with Crippen molar-refractivity contribution >= 4 is 15.9 Å². The first kappa shape index (κ1) is 15.9. The minimum atomic E-state index is -3.82. The zero-order valence-electron chi connectivity index (χ0n) is 12.3. The van der Waals surface area contributed by atoms with Crippen LogP contribution in [0.25, 0.3) is 0 Å². The van der Waals surface area contributed by atoms with Crippen LogP contribution in [-0.4, -0.2) is 38.3 Å². The van der Waals surface area contributed by atoms with Gasteiger partial charge in [-0.1, -0.05) is 0 Å². The summed E-state index contributed by atoms with van der Waals surface area (Å²) in [5.41, 5.74) is 0.713. The molecule has 1 aliphatic heterocycles. The molecule has 0 spiro atoms. The minimum absolute atomic E-state index is 0.0969. The lowest BCUT2D eigenvalue weighted by atomic mass is 10.1. The van der Waals surface area contributed by atoms with Gasteiger partial charge in [-0.2, -0.15) is 4.31 Å². The Morgan fingerprint density at radius 3 is 2.43 bits per heavy atom. The van der Waals surface area contributed by atoms with E-state index < -0.39 is 21.9 Å². The number of carbonyl (C=O) groups is 1. The quantitative estimate of drug-likeness (QED) is 0.915. The summed E-state index contributed by atoms with van der Waals surface area (Å²) in [7, 11) is -2.33. The second kappa shape index (κ2) is 5.73. The predicted octanol–water partition coefficient (Wildman–Crippen LogP) is 1.34. The summed E-state index contributed by atoms with van der Waals surface area (Å²) >= 11 is 0. The molecule has 1 saturated heterocycles. The standard InChI is InChI=1S/C14H19FN2O3S/c1-9-7-11(15)8-10(2)13(9)21(19,20)17-6-4-5-12(17)14(18)16-3/h7-8,12H,4-6H2,1-3H3,(H,16,18). The van der Waals surface area contributed by atoms with E-state index in [1.54, 1.807) is 13.8 Å². The van der Waals surface area contributed by atoms with Crippen LogP contribution in [0.4, 0.5) is 4.39 Å². The molecule has 1 fully saturated rings. The third-order valence-electron chi connectivity index (χ3n) is 3.74. The largest absolute Gasteiger partial charge is 0.358 e. The Bertz CT molecular complexity index is 650. The highest BCUT2D eigenvalue weighted by atomic mass is 32.2. The van der Waals surface area contributed by atoms with Crippen molar-refractivity contribution in [2.45, 2.75) is 37.6 Å². The normalized spacial score (nSPS) is 19.7. The number of benzene rings is 1. The summed E-state index contributed by atoms with van der Waals surface area (Å²) in [5, 5.41) is 2.49. The molecule has 5 nitrogen and oxygen atoms in total. The van der Waals surface area contributed by atoms with Crippen LogP contribution in [0.5, 0.6) is 0 Å². The molecule has 7 heteroatoms. The van der Waals surface area contributed by atoms with Crippen LogP contribution >= 0.6 is 0 Å². The van der Waals surface area contributed by atoms with Gasteiger partial charge in [-0.25, -0.2) is 12.8 Å². The topological polar surface area (TPSA) is 66.5 Å². The smallest absolute Gasteiger partial charge is 0.244 e. The number of hydrogen-bond donors (Lipinski definition) is 1. The Kier molecular flexibility index (Phi) is 4.34. The minimum Gasteiger partial charge on any atom is -0.358 e. The molecule has 0 aliphatic carbocycles. The van der Waals surface area contributed by atoms with E-state index in [-0.39, 0.29) is 10.8 Å². The Balaban J connectivity index is 2.50. The van der Waals surface area contributed by atoms with Crippen LogP contribution in [0.15, 0.2) is 17.0 Å². The van der Waals surface area contributed by atoms with Gasteiger partial charge in [-0.15, -0.1) is 0 Å². The number of amides is 1. The van der Waals surface area contributed by atoms with Crippen molar-refractivity contribution in [3.05, 3.63) is 29.1 Å². The fourth-order valence-corrected chi connectivity index (χ4v) is 4.95. The van der Waals surface area contributed by atoms with Gasteiger partial charge < -0.3 is 5.32 Å². The summed E-state index contributed by atoms with van der Waals surface area (Å²) in [4.78, 5) is 11.9. The van der Waals surface area contributed by atoms with Crippen molar-refractivity contribution in [1.82, 2.24) is 9.62 Å². The molecular formula is C14H19FN2O3S. The van der Waals surface area contributed by atoms with Crippen molar-refractivity contribution in [1.29, 1.82) is 0 Å². The molecule has 1 unspecified atom stereocenters. The molecule has 0 bridgehead atoms. The van der Waals surface area contributed by atoms with Gasteiger partial charge in [0.2, 0.25) is 15.9 Å². The number of hydrogen-bond acceptors (Lipinski definition) is 3. The fourth-order valence-electron chi connectivity index (χ4n) is 2.88. The maximum Gasteiger partial charge on any atom is 0.244 e. The van der Waals surface area contributed by atoms with Gasteiger partial charge >= 0.3 is 0 Å². The van der Waals surface area contributed by atoms with Gasteiger partial charge in [-0.3, -0.25) is 4.79 Å². The molecule has 1 aromatic rings. The number of aryl methyl sites for hydroxylation is 2. The fraction of sp³-hybridized carbons (Fsp3) is 0.500. The SMILES string of the molecule is CNC(=O)C1CCCN1S(=O)(=O)c1c(C)cc(F)cc1C. The number of rotatable bonds is 3. The van der Waals surface area contributed by atoms with Gasteiger partial charge in [-0.05, 0) is 49.9 Å². The van der Waals surface area contributed by atoms with E-state index in [0.717, 1.165) is 0 Å². The number of sulfonamides is 1. The summed E-state index contributed by atoms with van der Waals surface area (Å²) < 4.78 is 40.3. The molecule has 1 aromatic carbocycles. The Morgan fingerprint density at radius 1 is 1.33 bits per heavy atom. The maximum absolute atomic E-state index is 13.4. The van der Waals surface area contributed by atoms with E-state index in [4.69, 9.17) is 0 Å². The van der Waals surface area contributed by atoms with E-state index in [0.29, 0.717) is 30.5 Å². The molecule has 1 N–H and O–H groups in total. The zero-order chi connectivity index (χ0) is 15.8. The van der Waals surface area contributed by atoms with Crippen LogP contribution in [-0.2, 0) is 14.8 Å². The van der Waals surface area contributed by atoms with E-state index in [2.05, 4.69) is 5.32 Å². The summed E-state index contributed by atoms with van der Waals surface area (Å²) in [6.07, 6.45) is 1.13. The zero-order valence-corrected chi connectivity index (χ0v) is 13.1. The first-order valence-corrected chi connectivity index (χ1v) is 8.23. The second-order valence-corrected chi connectivity index (χ2v) is 7.08. The number of likely N-dealkylation sites (N-methyl/N-ethyl adjacent to an activating group) is 1. The summed E-state index contributed by atoms with van der Waals surface area (Å²) in [6.45, 7) is 3.43. The summed E-state index contributed by atoms with van der Waals surface area (Å²) in [5.74, 6) is -0.776.